The van der Waals surface area contributed by atoms with Crippen LogP contribution in [0.2, 0.25) is 0 Å². The Balaban J connectivity index is 2.08. The molecular weight excluding hydrogens is 314 g/mol. The van der Waals surface area contributed by atoms with E-state index in [2.05, 4.69) is 34.2 Å². The van der Waals surface area contributed by atoms with Gasteiger partial charge in [0.1, 0.15) is 0 Å². The van der Waals surface area contributed by atoms with Crippen LogP contribution in [0.1, 0.15) is 51.9 Å². The summed E-state index contributed by atoms with van der Waals surface area (Å²) in [6.45, 7) is 2.48. The third kappa shape index (κ3) is 3.98. The van der Waals surface area contributed by atoms with Gasteiger partial charge in [0.15, 0.2) is 0 Å². The largest absolute Gasteiger partial charge is 0.394 e. The number of aliphatic hydroxyl groups excluding tert-OH is 1. The summed E-state index contributed by atoms with van der Waals surface area (Å²) < 4.78 is 1.07. The lowest BCUT2D eigenvalue weighted by molar-refractivity contribution is 0.194. The Morgan fingerprint density at radius 1 is 1.30 bits per heavy atom. The van der Waals surface area contributed by atoms with Crippen molar-refractivity contribution < 1.29 is 5.11 Å². The summed E-state index contributed by atoms with van der Waals surface area (Å²) in [4.78, 5) is 0. The van der Waals surface area contributed by atoms with E-state index >= 15 is 0 Å². The van der Waals surface area contributed by atoms with Crippen molar-refractivity contribution in [2.75, 3.05) is 11.9 Å². The molecule has 1 saturated carbocycles. The van der Waals surface area contributed by atoms with Crippen LogP contribution in [0.25, 0.3) is 0 Å². The highest BCUT2D eigenvalue weighted by Gasteiger charge is 2.32. The number of hydrogen-bond acceptors (Lipinski definition) is 2. The molecular formula is C17H26BrNO. The van der Waals surface area contributed by atoms with E-state index in [4.69, 9.17) is 0 Å². The Labute approximate surface area is 131 Å². The van der Waals surface area contributed by atoms with Crippen molar-refractivity contribution in [2.24, 2.45) is 5.92 Å². The molecule has 3 heteroatoms. The highest BCUT2D eigenvalue weighted by molar-refractivity contribution is 9.10. The normalized spacial score (nSPS) is 27.1. The third-order valence-electron chi connectivity index (χ3n) is 4.57. The van der Waals surface area contributed by atoms with Gasteiger partial charge in [0.25, 0.3) is 0 Å². The number of aliphatic hydroxyl groups is 1. The molecule has 0 aliphatic heterocycles. The van der Waals surface area contributed by atoms with Crippen LogP contribution < -0.4 is 5.32 Å². The minimum atomic E-state index is -0.146. The summed E-state index contributed by atoms with van der Waals surface area (Å²) in [7, 11) is 0. The fourth-order valence-corrected chi connectivity index (χ4v) is 3.73. The van der Waals surface area contributed by atoms with Gasteiger partial charge in [-0.2, -0.15) is 0 Å². The first-order valence-electron chi connectivity index (χ1n) is 7.83. The molecule has 20 heavy (non-hydrogen) atoms. The SMILES string of the molecule is CCCC1CCCC(CO)(Nc2ccccc2Br)CC1. The van der Waals surface area contributed by atoms with Gasteiger partial charge >= 0.3 is 0 Å². The molecule has 2 N–H and O–H groups in total. The highest BCUT2D eigenvalue weighted by Crippen LogP contribution is 2.36. The van der Waals surface area contributed by atoms with Gasteiger partial charge in [-0.05, 0) is 53.2 Å². The summed E-state index contributed by atoms with van der Waals surface area (Å²) >= 11 is 3.59. The summed E-state index contributed by atoms with van der Waals surface area (Å²) in [5.41, 5.74) is 0.947. The monoisotopic (exact) mass is 339 g/mol. The Hall–Kier alpha value is -0.540. The third-order valence-corrected chi connectivity index (χ3v) is 5.26. The van der Waals surface area contributed by atoms with Crippen molar-refractivity contribution in [1.29, 1.82) is 0 Å². The average molecular weight is 340 g/mol. The Morgan fingerprint density at radius 2 is 2.10 bits per heavy atom. The number of benzene rings is 1. The van der Waals surface area contributed by atoms with E-state index in [-0.39, 0.29) is 12.1 Å². The molecule has 1 fully saturated rings. The molecule has 0 radical (unpaired) electrons. The van der Waals surface area contributed by atoms with Gasteiger partial charge in [-0.1, -0.05) is 44.7 Å². The second kappa shape index (κ2) is 7.46. The number of rotatable bonds is 5. The average Bonchev–Trinajstić information content (AvgIpc) is 2.66. The molecule has 112 valence electrons. The predicted molar refractivity (Wildman–Crippen MR) is 89.1 cm³/mol. The molecule has 0 amide bonds. The van der Waals surface area contributed by atoms with Gasteiger partial charge in [-0.25, -0.2) is 0 Å². The van der Waals surface area contributed by atoms with E-state index in [1.54, 1.807) is 0 Å². The maximum atomic E-state index is 9.96. The van der Waals surface area contributed by atoms with E-state index in [9.17, 15) is 5.11 Å². The van der Waals surface area contributed by atoms with Crippen LogP contribution in [0.15, 0.2) is 28.7 Å². The molecule has 2 rings (SSSR count). The van der Waals surface area contributed by atoms with Crippen LogP contribution in [0.5, 0.6) is 0 Å². The number of nitrogens with one attached hydrogen (secondary N) is 1. The van der Waals surface area contributed by atoms with Crippen molar-refractivity contribution in [3.05, 3.63) is 28.7 Å². The molecule has 2 atom stereocenters. The van der Waals surface area contributed by atoms with Crippen molar-refractivity contribution in [3.8, 4) is 0 Å². The van der Waals surface area contributed by atoms with E-state index in [1.807, 2.05) is 18.2 Å². The lowest BCUT2D eigenvalue weighted by atomic mass is 9.89. The molecule has 1 aliphatic rings. The Morgan fingerprint density at radius 3 is 2.80 bits per heavy atom. The predicted octanol–water partition coefficient (Wildman–Crippen LogP) is 4.97. The first-order valence-corrected chi connectivity index (χ1v) is 8.62. The minimum absolute atomic E-state index is 0.146. The van der Waals surface area contributed by atoms with Crippen LogP contribution in [0, 0.1) is 5.92 Å². The summed E-state index contributed by atoms with van der Waals surface area (Å²) in [5, 5.41) is 13.6. The van der Waals surface area contributed by atoms with Crippen LogP contribution >= 0.6 is 15.9 Å². The number of para-hydroxylation sites is 1. The summed E-state index contributed by atoms with van der Waals surface area (Å²) in [6.07, 6.45) is 8.48. The van der Waals surface area contributed by atoms with Gasteiger partial charge in [0, 0.05) is 10.2 Å². The molecule has 1 aromatic carbocycles. The molecule has 0 spiro atoms. The minimum Gasteiger partial charge on any atom is -0.394 e. The lowest BCUT2D eigenvalue weighted by Gasteiger charge is -2.33. The summed E-state index contributed by atoms with van der Waals surface area (Å²) in [5.74, 6) is 0.842. The van der Waals surface area contributed by atoms with Crippen molar-refractivity contribution >= 4 is 21.6 Å². The zero-order chi connectivity index (χ0) is 14.4. The Kier molecular flexibility index (Phi) is 5.91. The number of hydrogen-bond donors (Lipinski definition) is 2. The van der Waals surface area contributed by atoms with Crippen LogP contribution in [-0.4, -0.2) is 17.3 Å². The molecule has 2 unspecified atom stereocenters. The van der Waals surface area contributed by atoms with Crippen LogP contribution in [-0.2, 0) is 0 Å². The molecule has 0 bridgehead atoms. The van der Waals surface area contributed by atoms with E-state index in [0.717, 1.165) is 28.9 Å². The zero-order valence-electron chi connectivity index (χ0n) is 12.4. The van der Waals surface area contributed by atoms with Crippen molar-refractivity contribution in [1.82, 2.24) is 0 Å². The molecule has 2 nitrogen and oxygen atoms in total. The highest BCUT2D eigenvalue weighted by atomic mass is 79.9. The number of anilines is 1. The zero-order valence-corrected chi connectivity index (χ0v) is 14.0. The second-order valence-electron chi connectivity index (χ2n) is 6.13. The smallest absolute Gasteiger partial charge is 0.0661 e. The lowest BCUT2D eigenvalue weighted by Crippen LogP contribution is -2.41. The molecule has 0 aromatic heterocycles. The molecule has 0 saturated heterocycles. The van der Waals surface area contributed by atoms with Crippen LogP contribution in [0.4, 0.5) is 5.69 Å². The maximum absolute atomic E-state index is 9.96. The second-order valence-corrected chi connectivity index (χ2v) is 6.98. The van der Waals surface area contributed by atoms with Crippen molar-refractivity contribution in [3.63, 3.8) is 0 Å². The maximum Gasteiger partial charge on any atom is 0.0661 e. The van der Waals surface area contributed by atoms with E-state index in [1.165, 1.54) is 32.1 Å². The van der Waals surface area contributed by atoms with E-state index in [0.29, 0.717) is 0 Å². The van der Waals surface area contributed by atoms with Gasteiger partial charge in [-0.3, -0.25) is 0 Å². The first-order chi connectivity index (χ1) is 9.69. The van der Waals surface area contributed by atoms with Gasteiger partial charge < -0.3 is 10.4 Å². The van der Waals surface area contributed by atoms with Crippen LogP contribution in [0.3, 0.4) is 0 Å². The summed E-state index contributed by atoms with van der Waals surface area (Å²) in [6, 6.07) is 8.18. The van der Waals surface area contributed by atoms with Gasteiger partial charge in [0.05, 0.1) is 12.1 Å². The fraction of sp³-hybridized carbons (Fsp3) is 0.647. The van der Waals surface area contributed by atoms with Gasteiger partial charge in [0.2, 0.25) is 0 Å². The fourth-order valence-electron chi connectivity index (χ4n) is 3.35. The van der Waals surface area contributed by atoms with E-state index < -0.39 is 0 Å². The molecule has 1 aromatic rings. The quantitative estimate of drug-likeness (QED) is 0.742. The van der Waals surface area contributed by atoms with Crippen molar-refractivity contribution in [2.45, 2.75) is 57.4 Å². The molecule has 1 aliphatic carbocycles. The first kappa shape index (κ1) is 15.8. The standard InChI is InChI=1S/C17H26BrNO/c1-2-6-14-7-5-11-17(13-20,12-10-14)19-16-9-4-3-8-15(16)18/h3-4,8-9,14,19-20H,2,5-7,10-13H2,1H3. The molecule has 0 heterocycles. The Bertz CT molecular complexity index is 423. The van der Waals surface area contributed by atoms with Gasteiger partial charge in [-0.15, -0.1) is 0 Å². The number of halogens is 1. The topological polar surface area (TPSA) is 32.3 Å².